The highest BCUT2D eigenvalue weighted by atomic mass is 35.5. The summed E-state index contributed by atoms with van der Waals surface area (Å²) in [7, 11) is 0. The van der Waals surface area contributed by atoms with Gasteiger partial charge in [0.15, 0.2) is 11.9 Å². The van der Waals surface area contributed by atoms with E-state index in [0.717, 1.165) is 10.9 Å². The molecule has 8 heteroatoms. The Morgan fingerprint density at radius 2 is 2.08 bits per heavy atom. The first-order valence-corrected chi connectivity index (χ1v) is 8.23. The average Bonchev–Trinajstić information content (AvgIpc) is 2.62. The predicted octanol–water partition coefficient (Wildman–Crippen LogP) is 3.26. The van der Waals surface area contributed by atoms with Crippen molar-refractivity contribution in [3.05, 3.63) is 57.0 Å². The number of nitrogens with zero attached hydrogens (tertiary/aromatic N) is 2. The van der Waals surface area contributed by atoms with E-state index in [9.17, 15) is 9.59 Å². The highest BCUT2D eigenvalue weighted by Gasteiger charge is 2.19. The molecule has 2 heterocycles. The van der Waals surface area contributed by atoms with Crippen molar-refractivity contribution in [1.29, 1.82) is 0 Å². The number of hydrogen-bond acceptors (Lipinski definition) is 6. The molecule has 0 aliphatic heterocycles. The third-order valence-corrected chi connectivity index (χ3v) is 4.30. The summed E-state index contributed by atoms with van der Waals surface area (Å²) in [5.74, 6) is 0.144. The number of carbonyl (C=O) groups excluding carboxylic acids is 1. The average molecular weight is 374 g/mol. The van der Waals surface area contributed by atoms with Gasteiger partial charge in [-0.3, -0.25) is 4.79 Å². The summed E-state index contributed by atoms with van der Waals surface area (Å²) >= 11 is 6.28. The molecule has 0 radical (unpaired) electrons. The van der Waals surface area contributed by atoms with E-state index in [1.165, 1.54) is 12.3 Å². The second kappa shape index (κ2) is 7.13. The van der Waals surface area contributed by atoms with Crippen molar-refractivity contribution in [1.82, 2.24) is 10.2 Å². The van der Waals surface area contributed by atoms with Crippen LogP contribution in [0.1, 0.15) is 18.1 Å². The lowest BCUT2D eigenvalue weighted by molar-refractivity contribution is -0.122. The zero-order valence-electron chi connectivity index (χ0n) is 14.4. The monoisotopic (exact) mass is 373 g/mol. The molecule has 1 aromatic carbocycles. The van der Waals surface area contributed by atoms with Gasteiger partial charge < -0.3 is 14.5 Å². The summed E-state index contributed by atoms with van der Waals surface area (Å²) in [5.41, 5.74) is 1.24. The molecule has 1 atom stereocenters. The number of rotatable bonds is 4. The van der Waals surface area contributed by atoms with Crippen LogP contribution >= 0.6 is 11.6 Å². The number of halogens is 1. The predicted molar refractivity (Wildman–Crippen MR) is 97.7 cm³/mol. The number of nitrogens with one attached hydrogen (secondary N) is 1. The number of amides is 1. The van der Waals surface area contributed by atoms with Gasteiger partial charge in [0.2, 0.25) is 0 Å². The standard InChI is InChI=1S/C18H16ClN3O4/c1-9-10(2)18(24)26-14-8-15(13(19)7-12(9)14)25-11(3)17(23)21-16-5-4-6-20-22-16/h4-8,11H,1-3H3,(H,21,22,23). The van der Waals surface area contributed by atoms with Gasteiger partial charge in [-0.25, -0.2) is 4.79 Å². The van der Waals surface area contributed by atoms with Gasteiger partial charge in [-0.1, -0.05) is 11.6 Å². The van der Waals surface area contributed by atoms with Crippen LogP contribution in [-0.2, 0) is 4.79 Å². The third kappa shape index (κ3) is 3.52. The Labute approximate surface area is 153 Å². The molecule has 1 N–H and O–H groups in total. The minimum atomic E-state index is -0.856. The molecule has 0 saturated carbocycles. The van der Waals surface area contributed by atoms with Crippen LogP contribution in [-0.4, -0.2) is 22.2 Å². The molecule has 2 aromatic heterocycles. The molecule has 0 spiro atoms. The summed E-state index contributed by atoms with van der Waals surface area (Å²) in [4.78, 5) is 24.1. The van der Waals surface area contributed by atoms with Gasteiger partial charge in [-0.05, 0) is 44.5 Å². The van der Waals surface area contributed by atoms with E-state index in [-0.39, 0.29) is 5.75 Å². The molecular formula is C18H16ClN3O4. The molecule has 0 fully saturated rings. The molecule has 3 aromatic rings. The van der Waals surface area contributed by atoms with E-state index in [1.54, 1.807) is 32.0 Å². The van der Waals surface area contributed by atoms with Crippen LogP contribution in [0.4, 0.5) is 5.82 Å². The van der Waals surface area contributed by atoms with E-state index in [0.29, 0.717) is 22.0 Å². The maximum Gasteiger partial charge on any atom is 0.339 e. The Hall–Kier alpha value is -2.93. The normalized spacial score (nSPS) is 12.0. The lowest BCUT2D eigenvalue weighted by Crippen LogP contribution is -2.30. The molecule has 134 valence electrons. The molecule has 26 heavy (non-hydrogen) atoms. The molecule has 3 rings (SSSR count). The van der Waals surface area contributed by atoms with Gasteiger partial charge in [0, 0.05) is 23.2 Å². The van der Waals surface area contributed by atoms with Crippen LogP contribution < -0.4 is 15.7 Å². The van der Waals surface area contributed by atoms with Gasteiger partial charge >= 0.3 is 5.63 Å². The third-order valence-electron chi connectivity index (χ3n) is 4.01. The Morgan fingerprint density at radius 1 is 1.31 bits per heavy atom. The van der Waals surface area contributed by atoms with Crippen molar-refractivity contribution in [2.45, 2.75) is 26.9 Å². The topological polar surface area (TPSA) is 94.3 Å². The molecule has 1 amide bonds. The molecule has 0 saturated heterocycles. The molecular weight excluding hydrogens is 358 g/mol. The van der Waals surface area contributed by atoms with Crippen molar-refractivity contribution < 1.29 is 13.9 Å². The van der Waals surface area contributed by atoms with E-state index >= 15 is 0 Å². The summed E-state index contributed by atoms with van der Waals surface area (Å²) in [6.45, 7) is 5.09. The van der Waals surface area contributed by atoms with Crippen LogP contribution in [0.25, 0.3) is 11.0 Å². The number of aromatic nitrogens is 2. The van der Waals surface area contributed by atoms with Gasteiger partial charge in [-0.2, -0.15) is 5.10 Å². The quantitative estimate of drug-likeness (QED) is 0.705. The summed E-state index contributed by atoms with van der Waals surface area (Å²) in [5, 5.41) is 11.1. The minimum Gasteiger partial charge on any atom is -0.479 e. The molecule has 0 bridgehead atoms. The number of anilines is 1. The van der Waals surface area contributed by atoms with E-state index in [4.69, 9.17) is 20.8 Å². The number of aryl methyl sites for hydroxylation is 1. The first kappa shape index (κ1) is 17.9. The first-order valence-electron chi connectivity index (χ1n) is 7.85. The van der Waals surface area contributed by atoms with E-state index < -0.39 is 17.6 Å². The Balaban J connectivity index is 1.86. The van der Waals surface area contributed by atoms with Gasteiger partial charge in [-0.15, -0.1) is 5.10 Å². The SMILES string of the molecule is Cc1c(C)c2cc(Cl)c(OC(C)C(=O)Nc3cccnn3)cc2oc1=O. The van der Waals surface area contributed by atoms with Gasteiger partial charge in [0.25, 0.3) is 5.91 Å². The lowest BCUT2D eigenvalue weighted by Gasteiger charge is -2.16. The maximum atomic E-state index is 12.2. The van der Waals surface area contributed by atoms with Crippen LogP contribution in [0.2, 0.25) is 5.02 Å². The van der Waals surface area contributed by atoms with Crippen molar-refractivity contribution in [3.63, 3.8) is 0 Å². The minimum absolute atomic E-state index is 0.243. The second-order valence-electron chi connectivity index (χ2n) is 5.78. The molecule has 0 aliphatic rings. The van der Waals surface area contributed by atoms with Crippen molar-refractivity contribution in [2.24, 2.45) is 0 Å². The van der Waals surface area contributed by atoms with Crippen LogP contribution in [0.3, 0.4) is 0 Å². The highest BCUT2D eigenvalue weighted by molar-refractivity contribution is 6.32. The van der Waals surface area contributed by atoms with Crippen LogP contribution in [0, 0.1) is 13.8 Å². The lowest BCUT2D eigenvalue weighted by atomic mass is 10.1. The second-order valence-corrected chi connectivity index (χ2v) is 6.18. The zero-order valence-corrected chi connectivity index (χ0v) is 15.1. The van der Waals surface area contributed by atoms with E-state index in [1.807, 2.05) is 6.92 Å². The molecule has 1 unspecified atom stereocenters. The fourth-order valence-corrected chi connectivity index (χ4v) is 2.58. The van der Waals surface area contributed by atoms with Crippen molar-refractivity contribution >= 4 is 34.3 Å². The highest BCUT2D eigenvalue weighted by Crippen LogP contribution is 2.32. The number of fused-ring (bicyclic) bond motifs is 1. The largest absolute Gasteiger partial charge is 0.479 e. The summed E-state index contributed by atoms with van der Waals surface area (Å²) in [6, 6.07) is 6.43. The van der Waals surface area contributed by atoms with Gasteiger partial charge in [0.1, 0.15) is 11.3 Å². The molecule has 0 aliphatic carbocycles. The Kier molecular flexibility index (Phi) is 4.90. The fourth-order valence-electron chi connectivity index (χ4n) is 2.37. The Bertz CT molecular complexity index is 1030. The number of benzene rings is 1. The van der Waals surface area contributed by atoms with Gasteiger partial charge in [0.05, 0.1) is 5.02 Å². The Morgan fingerprint density at radius 3 is 2.77 bits per heavy atom. The summed E-state index contributed by atoms with van der Waals surface area (Å²) in [6.07, 6.45) is 0.646. The summed E-state index contributed by atoms with van der Waals surface area (Å²) < 4.78 is 10.9. The fraction of sp³-hybridized carbons (Fsp3) is 0.222. The van der Waals surface area contributed by atoms with Crippen LogP contribution in [0.5, 0.6) is 5.75 Å². The van der Waals surface area contributed by atoms with Crippen LogP contribution in [0.15, 0.2) is 39.7 Å². The van der Waals surface area contributed by atoms with E-state index in [2.05, 4.69) is 15.5 Å². The number of carbonyl (C=O) groups is 1. The smallest absolute Gasteiger partial charge is 0.339 e. The zero-order chi connectivity index (χ0) is 18.8. The number of hydrogen-bond donors (Lipinski definition) is 1. The molecule has 7 nitrogen and oxygen atoms in total. The van der Waals surface area contributed by atoms with Crippen molar-refractivity contribution in [2.75, 3.05) is 5.32 Å². The van der Waals surface area contributed by atoms with Crippen molar-refractivity contribution in [3.8, 4) is 5.75 Å². The first-order chi connectivity index (χ1) is 12.4. The maximum absolute atomic E-state index is 12.2. The number of ether oxygens (including phenoxy) is 1.